The largest absolute Gasteiger partial charge is 0.383 e. The molecule has 0 aliphatic rings. The van der Waals surface area contributed by atoms with Crippen LogP contribution < -0.4 is 11.5 Å². The van der Waals surface area contributed by atoms with Crippen LogP contribution in [-0.2, 0) is 0 Å². The summed E-state index contributed by atoms with van der Waals surface area (Å²) in [5.41, 5.74) is 12.7. The maximum atomic E-state index is 6.02. The Bertz CT molecular complexity index is 284. The molecule has 0 radical (unpaired) electrons. The van der Waals surface area contributed by atoms with Crippen LogP contribution in [0, 0.1) is 5.92 Å². The van der Waals surface area contributed by atoms with Gasteiger partial charge in [-0.15, -0.1) is 0 Å². The molecule has 3 nitrogen and oxygen atoms in total. The molecule has 0 aromatic carbocycles. The molecule has 0 aliphatic carbocycles. The van der Waals surface area contributed by atoms with Gasteiger partial charge in [0.25, 0.3) is 0 Å². The molecule has 1 atom stereocenters. The topological polar surface area (TPSA) is 64.9 Å². The number of nitrogens with zero attached hydrogens (tertiary/aromatic N) is 1. The second-order valence-corrected chi connectivity index (χ2v) is 4.06. The van der Waals surface area contributed by atoms with E-state index in [-0.39, 0.29) is 6.04 Å². The van der Waals surface area contributed by atoms with E-state index < -0.39 is 0 Å². The molecule has 3 heteroatoms. The van der Waals surface area contributed by atoms with E-state index in [4.69, 9.17) is 11.5 Å². The van der Waals surface area contributed by atoms with Gasteiger partial charge in [-0.2, -0.15) is 0 Å². The first-order valence-corrected chi connectivity index (χ1v) is 5.07. The Morgan fingerprint density at radius 2 is 2.07 bits per heavy atom. The Morgan fingerprint density at radius 1 is 1.36 bits per heavy atom. The van der Waals surface area contributed by atoms with Crippen molar-refractivity contribution >= 4 is 5.82 Å². The molecule has 1 rings (SSSR count). The molecule has 0 fully saturated rings. The van der Waals surface area contributed by atoms with Crippen LogP contribution in [0.3, 0.4) is 0 Å². The van der Waals surface area contributed by atoms with Crippen LogP contribution in [0.1, 0.15) is 38.3 Å². The third-order valence-corrected chi connectivity index (χ3v) is 2.33. The van der Waals surface area contributed by atoms with Crippen molar-refractivity contribution in [3.05, 3.63) is 23.9 Å². The number of hydrogen-bond acceptors (Lipinski definition) is 3. The van der Waals surface area contributed by atoms with Crippen LogP contribution in [0.5, 0.6) is 0 Å². The fraction of sp³-hybridized carbons (Fsp3) is 0.545. The fourth-order valence-electron chi connectivity index (χ4n) is 1.41. The minimum absolute atomic E-state index is 0.0195. The van der Waals surface area contributed by atoms with Crippen molar-refractivity contribution in [1.82, 2.24) is 4.98 Å². The number of nitrogens with two attached hydrogens (primary N) is 2. The number of pyridine rings is 1. The second kappa shape index (κ2) is 4.96. The van der Waals surface area contributed by atoms with Crippen molar-refractivity contribution < 1.29 is 0 Å². The van der Waals surface area contributed by atoms with Gasteiger partial charge in [0.1, 0.15) is 5.82 Å². The van der Waals surface area contributed by atoms with Crippen molar-refractivity contribution in [3.8, 4) is 0 Å². The van der Waals surface area contributed by atoms with Crippen molar-refractivity contribution in [2.45, 2.75) is 32.7 Å². The van der Waals surface area contributed by atoms with E-state index in [1.807, 2.05) is 12.1 Å². The molecular weight excluding hydrogens is 174 g/mol. The van der Waals surface area contributed by atoms with Gasteiger partial charge in [-0.3, -0.25) is 0 Å². The van der Waals surface area contributed by atoms with Crippen molar-refractivity contribution in [2.24, 2.45) is 11.7 Å². The smallest absolute Gasteiger partial charge is 0.128 e. The Balaban J connectivity index is 2.60. The Labute approximate surface area is 85.5 Å². The monoisotopic (exact) mass is 193 g/mol. The lowest BCUT2D eigenvalue weighted by Crippen LogP contribution is -2.13. The highest BCUT2D eigenvalue weighted by Crippen LogP contribution is 2.21. The zero-order valence-corrected chi connectivity index (χ0v) is 8.90. The average Bonchev–Trinajstić information content (AvgIpc) is 2.15. The number of nitrogen functional groups attached to an aromatic ring is 1. The quantitative estimate of drug-likeness (QED) is 0.769. The second-order valence-electron chi connectivity index (χ2n) is 4.06. The summed E-state index contributed by atoms with van der Waals surface area (Å²) >= 11 is 0. The molecule has 0 saturated carbocycles. The van der Waals surface area contributed by atoms with Crippen LogP contribution in [0.4, 0.5) is 5.82 Å². The molecule has 1 aromatic heterocycles. The zero-order valence-electron chi connectivity index (χ0n) is 8.90. The normalized spacial score (nSPS) is 13.1. The van der Waals surface area contributed by atoms with E-state index in [1.165, 1.54) is 0 Å². The van der Waals surface area contributed by atoms with Gasteiger partial charge in [0.15, 0.2) is 0 Å². The maximum absolute atomic E-state index is 6.02. The third-order valence-electron chi connectivity index (χ3n) is 2.33. The molecule has 1 aromatic rings. The molecule has 14 heavy (non-hydrogen) atoms. The Kier molecular flexibility index (Phi) is 3.89. The van der Waals surface area contributed by atoms with Gasteiger partial charge < -0.3 is 11.5 Å². The summed E-state index contributed by atoms with van der Waals surface area (Å²) in [6.07, 6.45) is 3.77. The van der Waals surface area contributed by atoms with Gasteiger partial charge in [-0.1, -0.05) is 19.9 Å². The first kappa shape index (κ1) is 11.0. The van der Waals surface area contributed by atoms with Crippen LogP contribution in [0.2, 0.25) is 0 Å². The van der Waals surface area contributed by atoms with E-state index in [0.29, 0.717) is 11.7 Å². The van der Waals surface area contributed by atoms with E-state index in [0.717, 1.165) is 18.4 Å². The summed E-state index contributed by atoms with van der Waals surface area (Å²) in [6.45, 7) is 4.39. The summed E-state index contributed by atoms with van der Waals surface area (Å²) in [5.74, 6) is 1.24. The van der Waals surface area contributed by atoms with Gasteiger partial charge in [0.05, 0.1) is 0 Å². The first-order chi connectivity index (χ1) is 6.61. The molecule has 0 bridgehead atoms. The zero-order chi connectivity index (χ0) is 10.6. The van der Waals surface area contributed by atoms with Crippen LogP contribution in [0.15, 0.2) is 18.3 Å². The minimum Gasteiger partial charge on any atom is -0.383 e. The highest BCUT2D eigenvalue weighted by atomic mass is 14.8. The third kappa shape index (κ3) is 3.00. The molecule has 0 amide bonds. The molecule has 78 valence electrons. The van der Waals surface area contributed by atoms with Crippen LogP contribution in [0.25, 0.3) is 0 Å². The van der Waals surface area contributed by atoms with Crippen molar-refractivity contribution in [1.29, 1.82) is 0 Å². The first-order valence-electron chi connectivity index (χ1n) is 5.07. The van der Waals surface area contributed by atoms with E-state index in [9.17, 15) is 0 Å². The molecule has 1 heterocycles. The highest BCUT2D eigenvalue weighted by molar-refractivity contribution is 5.40. The lowest BCUT2D eigenvalue weighted by atomic mass is 9.99. The number of anilines is 1. The predicted molar refractivity (Wildman–Crippen MR) is 59.6 cm³/mol. The Hall–Kier alpha value is -1.09. The lowest BCUT2D eigenvalue weighted by Gasteiger charge is -2.14. The maximum Gasteiger partial charge on any atom is 0.128 e. The minimum atomic E-state index is 0.0195. The van der Waals surface area contributed by atoms with Gasteiger partial charge in [0.2, 0.25) is 0 Å². The standard InChI is InChI=1S/C11H19N3/c1-8(2)5-6-10(12)9-4-3-7-14-11(9)13/h3-4,7-8,10H,5-6,12H2,1-2H3,(H2,13,14)/t10-/m1/s1. The van der Waals surface area contributed by atoms with Crippen LogP contribution >= 0.6 is 0 Å². The van der Waals surface area contributed by atoms with Gasteiger partial charge in [0, 0.05) is 17.8 Å². The van der Waals surface area contributed by atoms with Crippen LogP contribution in [-0.4, -0.2) is 4.98 Å². The van der Waals surface area contributed by atoms with E-state index in [2.05, 4.69) is 18.8 Å². The lowest BCUT2D eigenvalue weighted by molar-refractivity contribution is 0.507. The molecule has 0 spiro atoms. The number of hydrogen-bond donors (Lipinski definition) is 2. The summed E-state index contributed by atoms with van der Waals surface area (Å²) in [7, 11) is 0. The van der Waals surface area contributed by atoms with Crippen molar-refractivity contribution in [3.63, 3.8) is 0 Å². The summed E-state index contributed by atoms with van der Waals surface area (Å²) in [6, 6.07) is 3.85. The SMILES string of the molecule is CC(C)CC[C@@H](N)c1cccnc1N. The molecule has 4 N–H and O–H groups in total. The van der Waals surface area contributed by atoms with Crippen molar-refractivity contribution in [2.75, 3.05) is 5.73 Å². The summed E-state index contributed by atoms with van der Waals surface area (Å²) in [4.78, 5) is 4.03. The van der Waals surface area contributed by atoms with E-state index in [1.54, 1.807) is 6.20 Å². The number of aromatic nitrogens is 1. The highest BCUT2D eigenvalue weighted by Gasteiger charge is 2.10. The predicted octanol–water partition coefficient (Wildman–Crippen LogP) is 2.10. The molecule has 0 unspecified atom stereocenters. The summed E-state index contributed by atoms with van der Waals surface area (Å²) in [5, 5.41) is 0. The fourth-order valence-corrected chi connectivity index (χ4v) is 1.41. The van der Waals surface area contributed by atoms with Gasteiger partial charge in [-0.05, 0) is 24.8 Å². The van der Waals surface area contributed by atoms with Gasteiger partial charge in [-0.25, -0.2) is 4.98 Å². The van der Waals surface area contributed by atoms with Gasteiger partial charge >= 0.3 is 0 Å². The van der Waals surface area contributed by atoms with E-state index >= 15 is 0 Å². The molecule has 0 aliphatic heterocycles. The number of rotatable bonds is 4. The Morgan fingerprint density at radius 3 is 2.64 bits per heavy atom. The average molecular weight is 193 g/mol. The molecular formula is C11H19N3. The molecule has 0 saturated heterocycles. The summed E-state index contributed by atoms with van der Waals surface area (Å²) < 4.78 is 0.